The number of benzene rings is 2. The first-order valence-electron chi connectivity index (χ1n) is 9.32. The molecule has 2 aromatic rings. The van der Waals surface area contributed by atoms with Crippen LogP contribution in [0.5, 0.6) is 0 Å². The van der Waals surface area contributed by atoms with Crippen LogP contribution in [0.3, 0.4) is 0 Å². The molecule has 2 aromatic carbocycles. The maximum atomic E-state index is 5.44. The molecule has 0 spiro atoms. The first-order chi connectivity index (χ1) is 12.6. The number of hydrogen-bond acceptors (Lipinski definition) is 1. The summed E-state index contributed by atoms with van der Waals surface area (Å²) in [6.07, 6.45) is 5.97. The summed E-state index contributed by atoms with van der Waals surface area (Å²) in [6.45, 7) is 6.39. The third-order valence-corrected chi connectivity index (χ3v) is 4.19. The number of hydrogen-bond donors (Lipinski definition) is 2. The highest BCUT2D eigenvalue weighted by atomic mass is 32.1. The topological polar surface area (TPSA) is 24.1 Å². The quantitative estimate of drug-likeness (QED) is 0.351. The van der Waals surface area contributed by atoms with Gasteiger partial charge in [0, 0.05) is 23.4 Å². The Balaban J connectivity index is 1.91. The minimum absolute atomic E-state index is 0.583. The van der Waals surface area contributed by atoms with E-state index in [1.807, 2.05) is 24.3 Å². The van der Waals surface area contributed by atoms with Crippen LogP contribution in [0.2, 0.25) is 0 Å². The van der Waals surface area contributed by atoms with Crippen molar-refractivity contribution in [2.75, 3.05) is 10.6 Å². The van der Waals surface area contributed by atoms with E-state index in [-0.39, 0.29) is 0 Å². The zero-order valence-corrected chi connectivity index (χ0v) is 16.8. The predicted molar refractivity (Wildman–Crippen MR) is 118 cm³/mol. The van der Waals surface area contributed by atoms with Crippen molar-refractivity contribution < 1.29 is 0 Å². The van der Waals surface area contributed by atoms with Gasteiger partial charge in [0.05, 0.1) is 0 Å². The summed E-state index contributed by atoms with van der Waals surface area (Å²) in [5.41, 5.74) is 5.39. The number of rotatable bonds is 6. The number of nitrogens with one attached hydrogen (secondary N) is 2. The molecule has 0 unspecified atom stereocenters. The maximum Gasteiger partial charge on any atom is 0.175 e. The van der Waals surface area contributed by atoms with Crippen molar-refractivity contribution in [3.63, 3.8) is 0 Å². The molecule has 2 N–H and O–H groups in total. The Morgan fingerprint density at radius 3 is 2.38 bits per heavy atom. The van der Waals surface area contributed by atoms with Crippen LogP contribution in [0.1, 0.15) is 55.7 Å². The first kappa shape index (κ1) is 20.0. The maximum absolute atomic E-state index is 5.44. The molecule has 2 rings (SSSR count). The van der Waals surface area contributed by atoms with Crippen molar-refractivity contribution in [2.24, 2.45) is 0 Å². The van der Waals surface area contributed by atoms with Gasteiger partial charge >= 0.3 is 0 Å². The predicted octanol–water partition coefficient (Wildman–Crippen LogP) is 6.43. The number of thiocarbonyl (C=S) groups is 1. The SMILES string of the molecule is CCCCCCC#Cc1cccc(NC(=S)Nc2cc(C)cc(C)c2)c1. The van der Waals surface area contributed by atoms with Crippen molar-refractivity contribution in [1.82, 2.24) is 0 Å². The third kappa shape index (κ3) is 7.29. The van der Waals surface area contributed by atoms with Gasteiger partial charge in [0.2, 0.25) is 0 Å². The second kappa shape index (κ2) is 10.6. The number of aryl methyl sites for hydroxylation is 2. The molecule has 3 heteroatoms. The smallest absolute Gasteiger partial charge is 0.175 e. The van der Waals surface area contributed by atoms with Gasteiger partial charge in [0.25, 0.3) is 0 Å². The molecule has 0 aliphatic rings. The van der Waals surface area contributed by atoms with E-state index in [2.05, 4.69) is 61.4 Å². The van der Waals surface area contributed by atoms with E-state index in [0.717, 1.165) is 23.4 Å². The van der Waals surface area contributed by atoms with Crippen LogP contribution >= 0.6 is 12.2 Å². The Kier molecular flexibility index (Phi) is 8.18. The molecule has 136 valence electrons. The minimum atomic E-state index is 0.583. The second-order valence-corrected chi connectivity index (χ2v) is 7.06. The normalized spacial score (nSPS) is 9.96. The fourth-order valence-corrected chi connectivity index (χ4v) is 3.06. The average Bonchev–Trinajstić information content (AvgIpc) is 2.57. The van der Waals surface area contributed by atoms with E-state index >= 15 is 0 Å². The molecule has 0 aliphatic carbocycles. The van der Waals surface area contributed by atoms with Crippen LogP contribution in [0, 0.1) is 25.7 Å². The van der Waals surface area contributed by atoms with Gasteiger partial charge in [-0.1, -0.05) is 50.2 Å². The molecule has 0 aliphatic heterocycles. The second-order valence-electron chi connectivity index (χ2n) is 6.65. The Morgan fingerprint density at radius 1 is 0.923 bits per heavy atom. The summed E-state index contributed by atoms with van der Waals surface area (Å²) in [4.78, 5) is 0. The Labute approximate surface area is 163 Å². The summed E-state index contributed by atoms with van der Waals surface area (Å²) in [6, 6.07) is 14.4. The van der Waals surface area contributed by atoms with Gasteiger partial charge in [0.1, 0.15) is 0 Å². The summed E-state index contributed by atoms with van der Waals surface area (Å²) in [7, 11) is 0. The Hall–Kier alpha value is -2.31. The van der Waals surface area contributed by atoms with Crippen LogP contribution in [0.15, 0.2) is 42.5 Å². The lowest BCUT2D eigenvalue weighted by atomic mass is 10.1. The fraction of sp³-hybridized carbons (Fsp3) is 0.348. The molecule has 2 nitrogen and oxygen atoms in total. The molecule has 0 radical (unpaired) electrons. The summed E-state index contributed by atoms with van der Waals surface area (Å²) < 4.78 is 0. The first-order valence-corrected chi connectivity index (χ1v) is 9.73. The van der Waals surface area contributed by atoms with E-state index in [1.54, 1.807) is 0 Å². The summed E-state index contributed by atoms with van der Waals surface area (Å²) in [5, 5.41) is 7.07. The lowest BCUT2D eigenvalue weighted by Crippen LogP contribution is -2.19. The van der Waals surface area contributed by atoms with E-state index in [1.165, 1.54) is 36.8 Å². The summed E-state index contributed by atoms with van der Waals surface area (Å²) >= 11 is 5.44. The zero-order valence-electron chi connectivity index (χ0n) is 16.0. The molecular formula is C23H28N2S. The van der Waals surface area contributed by atoms with Gasteiger partial charge < -0.3 is 10.6 Å². The molecule has 0 saturated carbocycles. The van der Waals surface area contributed by atoms with Gasteiger partial charge in [-0.2, -0.15) is 0 Å². The monoisotopic (exact) mass is 364 g/mol. The van der Waals surface area contributed by atoms with Crippen LogP contribution in [-0.2, 0) is 0 Å². The van der Waals surface area contributed by atoms with E-state index in [4.69, 9.17) is 12.2 Å². The minimum Gasteiger partial charge on any atom is -0.332 e. The zero-order chi connectivity index (χ0) is 18.8. The summed E-state index contributed by atoms with van der Waals surface area (Å²) in [5.74, 6) is 6.51. The molecule has 0 atom stereocenters. The fourth-order valence-electron chi connectivity index (χ4n) is 2.82. The van der Waals surface area contributed by atoms with Gasteiger partial charge in [-0.15, -0.1) is 0 Å². The molecule has 0 amide bonds. The molecular weight excluding hydrogens is 336 g/mol. The highest BCUT2D eigenvalue weighted by Crippen LogP contribution is 2.15. The molecule has 0 fully saturated rings. The van der Waals surface area contributed by atoms with E-state index < -0.39 is 0 Å². The number of anilines is 2. The number of unbranched alkanes of at least 4 members (excludes halogenated alkanes) is 4. The molecule has 0 saturated heterocycles. The third-order valence-electron chi connectivity index (χ3n) is 3.99. The van der Waals surface area contributed by atoms with Gasteiger partial charge in [-0.3, -0.25) is 0 Å². The van der Waals surface area contributed by atoms with Gasteiger partial charge in [-0.05, 0) is 73.9 Å². The Bertz CT molecular complexity index is 779. The lowest BCUT2D eigenvalue weighted by molar-refractivity contribution is 0.679. The largest absolute Gasteiger partial charge is 0.332 e. The standard InChI is InChI=1S/C23H28N2S/c1-4-5-6-7-8-9-11-20-12-10-13-21(17-20)24-23(26)25-22-15-18(2)14-19(3)16-22/h10,12-17H,4-8H2,1-3H3,(H2,24,25,26). The molecule has 0 bridgehead atoms. The van der Waals surface area contributed by atoms with Crippen molar-refractivity contribution >= 4 is 28.7 Å². The van der Waals surface area contributed by atoms with Crippen LogP contribution in [0.4, 0.5) is 11.4 Å². The van der Waals surface area contributed by atoms with Gasteiger partial charge in [-0.25, -0.2) is 0 Å². The van der Waals surface area contributed by atoms with E-state index in [0.29, 0.717) is 5.11 Å². The average molecular weight is 365 g/mol. The van der Waals surface area contributed by atoms with Crippen molar-refractivity contribution in [1.29, 1.82) is 0 Å². The van der Waals surface area contributed by atoms with Crippen LogP contribution in [-0.4, -0.2) is 5.11 Å². The molecule has 26 heavy (non-hydrogen) atoms. The van der Waals surface area contributed by atoms with Crippen LogP contribution < -0.4 is 10.6 Å². The lowest BCUT2D eigenvalue weighted by Gasteiger charge is -2.12. The van der Waals surface area contributed by atoms with Gasteiger partial charge in [0.15, 0.2) is 5.11 Å². The highest BCUT2D eigenvalue weighted by Gasteiger charge is 2.01. The molecule has 0 heterocycles. The molecule has 0 aromatic heterocycles. The Morgan fingerprint density at radius 2 is 1.65 bits per heavy atom. The highest BCUT2D eigenvalue weighted by molar-refractivity contribution is 7.80. The van der Waals surface area contributed by atoms with Crippen LogP contribution in [0.25, 0.3) is 0 Å². The van der Waals surface area contributed by atoms with Crippen molar-refractivity contribution in [3.8, 4) is 11.8 Å². The van der Waals surface area contributed by atoms with E-state index in [9.17, 15) is 0 Å². The van der Waals surface area contributed by atoms with Crippen molar-refractivity contribution in [2.45, 2.75) is 52.9 Å². The van der Waals surface area contributed by atoms with Crippen molar-refractivity contribution in [3.05, 3.63) is 59.2 Å².